The topological polar surface area (TPSA) is 51.1 Å². The predicted octanol–water partition coefficient (Wildman–Crippen LogP) is 4.67. The highest BCUT2D eigenvalue weighted by atomic mass is 35.5. The molecule has 1 fully saturated rings. The summed E-state index contributed by atoms with van der Waals surface area (Å²) in [5.74, 6) is 1.13. The van der Waals surface area contributed by atoms with Crippen LogP contribution in [0.4, 0.5) is 0 Å². The molecule has 2 aromatic carbocycles. The average Bonchev–Trinajstić information content (AvgIpc) is 3.16. The monoisotopic (exact) mass is 412 g/mol. The number of nitrogens with zero attached hydrogens (tertiary/aromatic N) is 2. The van der Waals surface area contributed by atoms with Gasteiger partial charge in [0.2, 0.25) is 5.91 Å². The molecule has 2 aliphatic rings. The van der Waals surface area contributed by atoms with Crippen LogP contribution in [0.5, 0.6) is 5.75 Å². The number of benzene rings is 2. The summed E-state index contributed by atoms with van der Waals surface area (Å²) in [6, 6.07) is 15.5. The zero-order valence-corrected chi connectivity index (χ0v) is 17.3. The summed E-state index contributed by atoms with van der Waals surface area (Å²) in [6.45, 7) is 0.996. The van der Waals surface area contributed by atoms with Crippen LogP contribution in [0, 0.1) is 5.92 Å². The van der Waals surface area contributed by atoms with E-state index in [0.717, 1.165) is 41.9 Å². The maximum absolute atomic E-state index is 13.0. The van der Waals surface area contributed by atoms with Gasteiger partial charge < -0.3 is 14.5 Å². The number of hydrogen-bond acceptors (Lipinski definition) is 4. The molecule has 1 aliphatic carbocycles. The lowest BCUT2D eigenvalue weighted by molar-refractivity contribution is -0.140. The summed E-state index contributed by atoms with van der Waals surface area (Å²) >= 11 is 6.34. The lowest BCUT2D eigenvalue weighted by atomic mass is 9.84. The van der Waals surface area contributed by atoms with Crippen molar-refractivity contribution in [2.45, 2.75) is 38.3 Å². The smallest absolute Gasteiger partial charge is 0.226 e. The fourth-order valence-electron chi connectivity index (χ4n) is 3.70. The van der Waals surface area contributed by atoms with Crippen molar-refractivity contribution < 1.29 is 14.4 Å². The number of rotatable bonds is 7. The van der Waals surface area contributed by atoms with Gasteiger partial charge in [0.05, 0.1) is 19.4 Å². The van der Waals surface area contributed by atoms with E-state index in [9.17, 15) is 4.79 Å². The number of carbonyl (C=O) groups excluding carboxylic acids is 1. The van der Waals surface area contributed by atoms with Gasteiger partial charge in [-0.3, -0.25) is 4.79 Å². The Morgan fingerprint density at radius 3 is 2.62 bits per heavy atom. The fraction of sp³-hybridized carbons (Fsp3) is 0.391. The first-order chi connectivity index (χ1) is 14.1. The van der Waals surface area contributed by atoms with Crippen LogP contribution < -0.4 is 4.74 Å². The first-order valence-corrected chi connectivity index (χ1v) is 10.4. The van der Waals surface area contributed by atoms with Gasteiger partial charge in [0.1, 0.15) is 5.75 Å². The van der Waals surface area contributed by atoms with Crippen LogP contribution >= 0.6 is 11.6 Å². The third kappa shape index (κ3) is 4.56. The second kappa shape index (κ2) is 8.87. The van der Waals surface area contributed by atoms with Gasteiger partial charge in [0.15, 0.2) is 6.10 Å². The van der Waals surface area contributed by atoms with E-state index in [1.165, 1.54) is 0 Å². The van der Waals surface area contributed by atoms with Crippen LogP contribution in [-0.4, -0.2) is 36.3 Å². The molecule has 0 N–H and O–H groups in total. The molecule has 0 saturated heterocycles. The van der Waals surface area contributed by atoms with Gasteiger partial charge >= 0.3 is 0 Å². The van der Waals surface area contributed by atoms with E-state index in [4.69, 9.17) is 21.2 Å². The molecule has 1 aliphatic heterocycles. The first-order valence-electron chi connectivity index (χ1n) is 10.0. The minimum atomic E-state index is -0.154. The molecule has 0 aromatic heterocycles. The van der Waals surface area contributed by atoms with Crippen molar-refractivity contribution >= 4 is 23.2 Å². The Kier molecular flexibility index (Phi) is 6.05. The lowest BCUT2D eigenvalue weighted by Crippen LogP contribution is -2.42. The van der Waals surface area contributed by atoms with Crippen molar-refractivity contribution in [3.63, 3.8) is 0 Å². The first kappa shape index (κ1) is 19.8. The Bertz CT molecular complexity index is 893. The van der Waals surface area contributed by atoms with Gasteiger partial charge in [-0.25, -0.2) is 0 Å². The summed E-state index contributed by atoms with van der Waals surface area (Å²) in [7, 11) is 1.65. The molecule has 2 aromatic rings. The average molecular weight is 413 g/mol. The van der Waals surface area contributed by atoms with Crippen molar-refractivity contribution in [1.29, 1.82) is 0 Å². The molecule has 1 atom stereocenters. The highest BCUT2D eigenvalue weighted by Crippen LogP contribution is 2.30. The molecule has 5 nitrogen and oxygen atoms in total. The summed E-state index contributed by atoms with van der Waals surface area (Å²) in [6.07, 6.45) is 3.58. The molecule has 1 heterocycles. The van der Waals surface area contributed by atoms with E-state index in [-0.39, 0.29) is 17.9 Å². The normalized spacial score (nSPS) is 18.6. The second-order valence-corrected chi connectivity index (χ2v) is 8.04. The van der Waals surface area contributed by atoms with Gasteiger partial charge in [-0.15, -0.1) is 0 Å². The standard InChI is InChI=1S/C23H25ClN2O3/c1-28-19-11-9-16(10-12-19)22-13-20(29-25-22)15-26(23(27)17-6-4-7-17)14-18-5-2-3-8-21(18)24/h2-3,5,8-12,17,20H,4,6-7,13-15H2,1H3/t20-/m1/s1. The number of oxime groups is 1. The zero-order valence-electron chi connectivity index (χ0n) is 16.5. The van der Waals surface area contributed by atoms with Gasteiger partial charge in [-0.05, 0) is 54.3 Å². The van der Waals surface area contributed by atoms with Gasteiger partial charge in [0.25, 0.3) is 0 Å². The van der Waals surface area contributed by atoms with Gasteiger partial charge in [-0.1, -0.05) is 41.4 Å². The Hall–Kier alpha value is -2.53. The maximum atomic E-state index is 13.0. The highest BCUT2D eigenvalue weighted by molar-refractivity contribution is 6.31. The number of carbonyl (C=O) groups is 1. The Balaban J connectivity index is 1.43. The molecular weight excluding hydrogens is 388 g/mol. The van der Waals surface area contributed by atoms with E-state index in [2.05, 4.69) is 5.16 Å². The van der Waals surface area contributed by atoms with E-state index >= 15 is 0 Å². The molecule has 0 radical (unpaired) electrons. The van der Waals surface area contributed by atoms with Crippen molar-refractivity contribution in [1.82, 2.24) is 4.90 Å². The SMILES string of the molecule is COc1ccc(C2=NO[C@@H](CN(Cc3ccccc3Cl)C(=O)C3CCC3)C2)cc1. The molecule has 152 valence electrons. The van der Waals surface area contributed by atoms with Crippen LogP contribution in [0.3, 0.4) is 0 Å². The van der Waals surface area contributed by atoms with Gasteiger partial charge in [0, 0.05) is 23.9 Å². The number of amides is 1. The Morgan fingerprint density at radius 1 is 1.21 bits per heavy atom. The van der Waals surface area contributed by atoms with E-state index in [0.29, 0.717) is 24.5 Å². The molecule has 4 rings (SSSR count). The minimum absolute atomic E-state index is 0.126. The number of hydrogen-bond donors (Lipinski definition) is 0. The molecular formula is C23H25ClN2O3. The molecule has 0 bridgehead atoms. The summed E-state index contributed by atoms with van der Waals surface area (Å²) in [5, 5.41) is 4.95. The van der Waals surface area contributed by atoms with E-state index in [1.807, 2.05) is 53.4 Å². The number of halogens is 1. The Labute approximate surface area is 176 Å². The third-order valence-electron chi connectivity index (χ3n) is 5.67. The lowest BCUT2D eigenvalue weighted by Gasteiger charge is -2.33. The largest absolute Gasteiger partial charge is 0.497 e. The molecule has 1 amide bonds. The third-order valence-corrected chi connectivity index (χ3v) is 6.03. The van der Waals surface area contributed by atoms with Crippen molar-refractivity contribution in [2.75, 3.05) is 13.7 Å². The van der Waals surface area contributed by atoms with Crippen LogP contribution in [0.15, 0.2) is 53.7 Å². The van der Waals surface area contributed by atoms with Crippen LogP contribution in [0.25, 0.3) is 0 Å². The molecule has 6 heteroatoms. The van der Waals surface area contributed by atoms with Crippen molar-refractivity contribution in [3.8, 4) is 5.75 Å². The molecule has 0 unspecified atom stereocenters. The Morgan fingerprint density at radius 2 is 1.97 bits per heavy atom. The van der Waals surface area contributed by atoms with E-state index in [1.54, 1.807) is 7.11 Å². The maximum Gasteiger partial charge on any atom is 0.226 e. The summed E-state index contributed by atoms with van der Waals surface area (Å²) in [4.78, 5) is 20.6. The quantitative estimate of drug-likeness (QED) is 0.664. The van der Waals surface area contributed by atoms with Crippen molar-refractivity contribution in [2.24, 2.45) is 11.1 Å². The zero-order chi connectivity index (χ0) is 20.2. The second-order valence-electron chi connectivity index (χ2n) is 7.64. The van der Waals surface area contributed by atoms with Crippen LogP contribution in [0.2, 0.25) is 5.02 Å². The summed E-state index contributed by atoms with van der Waals surface area (Å²) in [5.41, 5.74) is 2.86. The number of ether oxygens (including phenoxy) is 1. The molecule has 1 saturated carbocycles. The minimum Gasteiger partial charge on any atom is -0.497 e. The highest BCUT2D eigenvalue weighted by Gasteiger charge is 2.33. The fourth-order valence-corrected chi connectivity index (χ4v) is 3.90. The predicted molar refractivity (Wildman–Crippen MR) is 113 cm³/mol. The van der Waals surface area contributed by atoms with Crippen LogP contribution in [-0.2, 0) is 16.2 Å². The van der Waals surface area contributed by atoms with E-state index < -0.39 is 0 Å². The molecule has 0 spiro atoms. The molecule has 29 heavy (non-hydrogen) atoms. The van der Waals surface area contributed by atoms with Crippen LogP contribution in [0.1, 0.15) is 36.8 Å². The van der Waals surface area contributed by atoms with Gasteiger partial charge in [-0.2, -0.15) is 0 Å². The number of methoxy groups -OCH3 is 1. The van der Waals surface area contributed by atoms with Crippen molar-refractivity contribution in [3.05, 3.63) is 64.7 Å². The summed E-state index contributed by atoms with van der Waals surface area (Å²) < 4.78 is 5.21.